The van der Waals surface area contributed by atoms with Gasteiger partial charge in [-0.05, 0) is 24.1 Å². The van der Waals surface area contributed by atoms with Crippen molar-refractivity contribution in [1.82, 2.24) is 9.80 Å². The first-order valence-electron chi connectivity index (χ1n) is 7.04. The molecule has 3 heteroatoms. The third kappa shape index (κ3) is 2.30. The molecule has 0 aliphatic carbocycles. The molecule has 3 rings (SSSR count). The molecular formula is C16H20N2O. The summed E-state index contributed by atoms with van der Waals surface area (Å²) in [6.45, 7) is 5.50. The molecule has 1 aromatic rings. The molecule has 2 aliphatic rings. The van der Waals surface area contributed by atoms with E-state index < -0.39 is 0 Å². The monoisotopic (exact) mass is 256 g/mol. The maximum atomic E-state index is 12.6. The fourth-order valence-electron chi connectivity index (χ4n) is 3.02. The molecule has 2 heterocycles. The minimum Gasteiger partial charge on any atom is -0.334 e. The van der Waals surface area contributed by atoms with Crippen LogP contribution in [0.25, 0.3) is 0 Å². The summed E-state index contributed by atoms with van der Waals surface area (Å²) in [6.07, 6.45) is 5.00. The molecule has 0 aromatic heterocycles. The number of fused-ring (bicyclic) bond motifs is 1. The van der Waals surface area contributed by atoms with Crippen molar-refractivity contribution in [3.8, 4) is 0 Å². The standard InChI is InChI=1S/C16H20N2O/c1-2-17-12-14-8-4-3-7-13(14)11-15(17)16(19)18-9-5-6-10-18/h3-8,15H,2,9-12H2,1H3. The van der Waals surface area contributed by atoms with Crippen molar-refractivity contribution in [2.45, 2.75) is 25.9 Å². The molecule has 0 N–H and O–H groups in total. The van der Waals surface area contributed by atoms with Crippen LogP contribution in [-0.4, -0.2) is 41.4 Å². The molecule has 0 bridgehead atoms. The molecule has 100 valence electrons. The van der Waals surface area contributed by atoms with Crippen LogP contribution in [-0.2, 0) is 17.8 Å². The molecule has 19 heavy (non-hydrogen) atoms. The van der Waals surface area contributed by atoms with E-state index in [4.69, 9.17) is 0 Å². The predicted molar refractivity (Wildman–Crippen MR) is 75.7 cm³/mol. The zero-order chi connectivity index (χ0) is 13.2. The van der Waals surface area contributed by atoms with Gasteiger partial charge in [0.2, 0.25) is 5.91 Å². The Hall–Kier alpha value is -1.61. The zero-order valence-electron chi connectivity index (χ0n) is 11.4. The van der Waals surface area contributed by atoms with Gasteiger partial charge in [-0.25, -0.2) is 0 Å². The average molecular weight is 256 g/mol. The average Bonchev–Trinajstić information content (AvgIpc) is 2.99. The van der Waals surface area contributed by atoms with Crippen molar-refractivity contribution in [3.05, 3.63) is 47.5 Å². The minimum absolute atomic E-state index is 0.0137. The van der Waals surface area contributed by atoms with Crippen LogP contribution in [0.5, 0.6) is 0 Å². The smallest absolute Gasteiger partial charge is 0.240 e. The number of carbonyl (C=O) groups excluding carboxylic acids is 1. The number of rotatable bonds is 2. The van der Waals surface area contributed by atoms with Gasteiger partial charge in [0.1, 0.15) is 0 Å². The molecule has 1 amide bonds. The molecule has 0 fully saturated rings. The molecule has 3 nitrogen and oxygen atoms in total. The second-order valence-electron chi connectivity index (χ2n) is 5.27. The molecule has 0 radical (unpaired) electrons. The Morgan fingerprint density at radius 3 is 2.58 bits per heavy atom. The van der Waals surface area contributed by atoms with Gasteiger partial charge < -0.3 is 4.90 Å². The lowest BCUT2D eigenvalue weighted by atomic mass is 9.93. The van der Waals surface area contributed by atoms with E-state index in [2.05, 4.69) is 48.2 Å². The summed E-state index contributed by atoms with van der Waals surface area (Å²) in [5.74, 6) is 0.279. The van der Waals surface area contributed by atoms with Crippen LogP contribution in [0.15, 0.2) is 36.4 Å². The maximum Gasteiger partial charge on any atom is 0.240 e. The molecule has 1 unspecified atom stereocenters. The Labute approximate surface area is 114 Å². The van der Waals surface area contributed by atoms with E-state index in [1.165, 1.54) is 11.1 Å². The highest BCUT2D eigenvalue weighted by Crippen LogP contribution is 2.24. The van der Waals surface area contributed by atoms with E-state index >= 15 is 0 Å². The van der Waals surface area contributed by atoms with E-state index in [9.17, 15) is 4.79 Å². The lowest BCUT2D eigenvalue weighted by Gasteiger charge is -2.37. The van der Waals surface area contributed by atoms with Crippen molar-refractivity contribution in [1.29, 1.82) is 0 Å². The Balaban J connectivity index is 1.82. The van der Waals surface area contributed by atoms with E-state index in [-0.39, 0.29) is 11.9 Å². The third-order valence-electron chi connectivity index (χ3n) is 4.17. The highest BCUT2D eigenvalue weighted by molar-refractivity contribution is 5.83. The summed E-state index contributed by atoms with van der Waals surface area (Å²) in [6, 6.07) is 8.50. The fraction of sp³-hybridized carbons (Fsp3) is 0.438. The van der Waals surface area contributed by atoms with Crippen LogP contribution in [0.3, 0.4) is 0 Å². The molecule has 0 spiro atoms. The normalized spacial score (nSPS) is 22.6. The fourth-order valence-corrected chi connectivity index (χ4v) is 3.02. The van der Waals surface area contributed by atoms with Crippen LogP contribution >= 0.6 is 0 Å². The summed E-state index contributed by atoms with van der Waals surface area (Å²) in [7, 11) is 0. The zero-order valence-corrected chi connectivity index (χ0v) is 11.4. The van der Waals surface area contributed by atoms with Crippen molar-refractivity contribution in [2.24, 2.45) is 0 Å². The highest BCUT2D eigenvalue weighted by Gasteiger charge is 2.33. The SMILES string of the molecule is CCN1Cc2ccccc2CC1C(=O)N1CC=CC1. The van der Waals surface area contributed by atoms with Gasteiger partial charge in [0.25, 0.3) is 0 Å². The van der Waals surface area contributed by atoms with E-state index in [1.54, 1.807) is 0 Å². The van der Waals surface area contributed by atoms with Crippen molar-refractivity contribution in [3.63, 3.8) is 0 Å². The van der Waals surface area contributed by atoms with Gasteiger partial charge in [-0.2, -0.15) is 0 Å². The lowest BCUT2D eigenvalue weighted by molar-refractivity contribution is -0.136. The van der Waals surface area contributed by atoms with Crippen LogP contribution < -0.4 is 0 Å². The van der Waals surface area contributed by atoms with Gasteiger partial charge in [-0.15, -0.1) is 0 Å². The van der Waals surface area contributed by atoms with E-state index in [0.717, 1.165) is 32.6 Å². The number of likely N-dealkylation sites (N-methyl/N-ethyl adjacent to an activating group) is 1. The number of hydrogen-bond donors (Lipinski definition) is 0. The van der Waals surface area contributed by atoms with Crippen molar-refractivity contribution in [2.75, 3.05) is 19.6 Å². The predicted octanol–water partition coefficient (Wildman–Crippen LogP) is 1.83. The van der Waals surface area contributed by atoms with Crippen LogP contribution in [0, 0.1) is 0 Å². The minimum atomic E-state index is 0.0137. The first-order chi connectivity index (χ1) is 9.29. The lowest BCUT2D eigenvalue weighted by Crippen LogP contribution is -2.51. The molecule has 0 saturated heterocycles. The van der Waals surface area contributed by atoms with Gasteiger partial charge >= 0.3 is 0 Å². The van der Waals surface area contributed by atoms with Crippen molar-refractivity contribution < 1.29 is 4.79 Å². The van der Waals surface area contributed by atoms with Gasteiger partial charge in [-0.3, -0.25) is 9.69 Å². The first kappa shape index (κ1) is 12.4. The summed E-state index contributed by atoms with van der Waals surface area (Å²) in [5.41, 5.74) is 2.70. The Morgan fingerprint density at radius 1 is 1.21 bits per heavy atom. The molecule has 0 saturated carbocycles. The van der Waals surface area contributed by atoms with Crippen LogP contribution in [0.2, 0.25) is 0 Å². The van der Waals surface area contributed by atoms with Crippen LogP contribution in [0.4, 0.5) is 0 Å². The topological polar surface area (TPSA) is 23.6 Å². The number of carbonyl (C=O) groups is 1. The van der Waals surface area contributed by atoms with Gasteiger partial charge in [0.15, 0.2) is 0 Å². The second-order valence-corrected chi connectivity index (χ2v) is 5.27. The molecule has 2 aliphatic heterocycles. The Kier molecular flexibility index (Phi) is 3.38. The van der Waals surface area contributed by atoms with Gasteiger partial charge in [0.05, 0.1) is 6.04 Å². The van der Waals surface area contributed by atoms with Gasteiger partial charge in [0, 0.05) is 19.6 Å². The molecular weight excluding hydrogens is 236 g/mol. The molecule has 1 atom stereocenters. The summed E-state index contributed by atoms with van der Waals surface area (Å²) in [4.78, 5) is 16.9. The number of benzene rings is 1. The van der Waals surface area contributed by atoms with E-state index in [0.29, 0.717) is 0 Å². The maximum absolute atomic E-state index is 12.6. The summed E-state index contributed by atoms with van der Waals surface area (Å²) >= 11 is 0. The van der Waals surface area contributed by atoms with Crippen molar-refractivity contribution >= 4 is 5.91 Å². The number of nitrogens with zero attached hydrogens (tertiary/aromatic N) is 2. The first-order valence-corrected chi connectivity index (χ1v) is 7.04. The quantitative estimate of drug-likeness (QED) is 0.754. The highest BCUT2D eigenvalue weighted by atomic mass is 16.2. The second kappa shape index (κ2) is 5.17. The third-order valence-corrected chi connectivity index (χ3v) is 4.17. The summed E-state index contributed by atoms with van der Waals surface area (Å²) in [5, 5.41) is 0. The van der Waals surface area contributed by atoms with Crippen LogP contribution in [0.1, 0.15) is 18.1 Å². The summed E-state index contributed by atoms with van der Waals surface area (Å²) < 4.78 is 0. The molecule has 1 aromatic carbocycles. The Morgan fingerprint density at radius 2 is 1.89 bits per heavy atom. The van der Waals surface area contributed by atoms with Gasteiger partial charge in [-0.1, -0.05) is 43.3 Å². The largest absolute Gasteiger partial charge is 0.334 e. The van der Waals surface area contributed by atoms with E-state index in [1.807, 2.05) is 4.90 Å². The number of amides is 1. The number of hydrogen-bond acceptors (Lipinski definition) is 2. The Bertz CT molecular complexity index is 501.